The molecule has 4 heteroatoms. The number of nitrogens with one attached hydrogen (secondary N) is 1. The van der Waals surface area contributed by atoms with Crippen LogP contribution in [0.4, 0.5) is 0 Å². The maximum atomic E-state index is 11.7. The number of nitrogens with two attached hydrogens (primary N) is 1. The van der Waals surface area contributed by atoms with E-state index in [4.69, 9.17) is 5.73 Å². The van der Waals surface area contributed by atoms with Crippen LogP contribution in [0, 0.1) is 13.8 Å². The van der Waals surface area contributed by atoms with E-state index in [1.807, 2.05) is 18.7 Å². The maximum Gasteiger partial charge on any atom is 0.237 e. The monoisotopic (exact) mass is 306 g/mol. The molecule has 1 amide bonds. The fourth-order valence-corrected chi connectivity index (χ4v) is 3.31. The van der Waals surface area contributed by atoms with Gasteiger partial charge in [-0.2, -0.15) is 0 Å². The van der Waals surface area contributed by atoms with Gasteiger partial charge in [-0.15, -0.1) is 11.8 Å². The highest BCUT2D eigenvalue weighted by atomic mass is 32.2. The number of amides is 1. The highest BCUT2D eigenvalue weighted by Gasteiger charge is 2.36. The van der Waals surface area contributed by atoms with Gasteiger partial charge in [0.2, 0.25) is 5.91 Å². The van der Waals surface area contributed by atoms with Crippen LogP contribution < -0.4 is 11.1 Å². The zero-order chi connectivity index (χ0) is 15.5. The minimum atomic E-state index is -0.551. The summed E-state index contributed by atoms with van der Waals surface area (Å²) in [6, 6.07) is 7.06. The minimum Gasteiger partial charge on any atom is -0.368 e. The minimum absolute atomic E-state index is 0.231. The van der Waals surface area contributed by atoms with E-state index in [-0.39, 0.29) is 5.91 Å². The fourth-order valence-electron chi connectivity index (χ4n) is 2.36. The van der Waals surface area contributed by atoms with Crippen LogP contribution in [0.2, 0.25) is 0 Å². The normalized spacial score (nSPS) is 17.5. The molecule has 3 nitrogen and oxygen atoms in total. The second-order valence-corrected chi connectivity index (χ2v) is 7.48. The summed E-state index contributed by atoms with van der Waals surface area (Å²) in [7, 11) is 0. The van der Waals surface area contributed by atoms with Crippen molar-refractivity contribution >= 4 is 17.7 Å². The molecule has 0 spiro atoms. The quantitative estimate of drug-likeness (QED) is 0.573. The first-order chi connectivity index (χ1) is 9.90. The van der Waals surface area contributed by atoms with E-state index in [2.05, 4.69) is 37.4 Å². The van der Waals surface area contributed by atoms with Crippen LogP contribution in [-0.2, 0) is 4.79 Å². The lowest BCUT2D eigenvalue weighted by Gasteiger charge is -2.27. The van der Waals surface area contributed by atoms with Crippen molar-refractivity contribution in [2.24, 2.45) is 5.73 Å². The number of aryl methyl sites for hydroxylation is 2. The molecule has 0 aliphatic heterocycles. The molecule has 1 unspecified atom stereocenters. The maximum absolute atomic E-state index is 11.7. The van der Waals surface area contributed by atoms with Crippen molar-refractivity contribution in [1.29, 1.82) is 0 Å². The van der Waals surface area contributed by atoms with Gasteiger partial charge >= 0.3 is 0 Å². The Morgan fingerprint density at radius 1 is 1.38 bits per heavy atom. The van der Waals surface area contributed by atoms with Crippen LogP contribution >= 0.6 is 11.8 Å². The van der Waals surface area contributed by atoms with Crippen molar-refractivity contribution < 1.29 is 4.79 Å². The molecule has 1 fully saturated rings. The first-order valence-electron chi connectivity index (χ1n) is 7.68. The molecule has 0 aromatic heterocycles. The molecule has 0 heterocycles. The number of rotatable bonds is 8. The SMILES string of the molecule is Cc1ccc(SCCCC(C)(NC2CC2)C(N)=O)cc1C. The highest BCUT2D eigenvalue weighted by molar-refractivity contribution is 7.99. The molecular weight excluding hydrogens is 280 g/mol. The average molecular weight is 306 g/mol. The summed E-state index contributed by atoms with van der Waals surface area (Å²) in [5.41, 5.74) is 7.68. The van der Waals surface area contributed by atoms with Gasteiger partial charge in [0, 0.05) is 10.9 Å². The van der Waals surface area contributed by atoms with E-state index in [1.54, 1.807) is 0 Å². The van der Waals surface area contributed by atoms with Crippen LogP contribution in [0.1, 0.15) is 43.7 Å². The lowest BCUT2D eigenvalue weighted by atomic mass is 9.95. The number of hydrogen-bond donors (Lipinski definition) is 2. The van der Waals surface area contributed by atoms with Crippen LogP contribution in [0.3, 0.4) is 0 Å². The molecule has 1 aliphatic carbocycles. The Morgan fingerprint density at radius 3 is 2.67 bits per heavy atom. The summed E-state index contributed by atoms with van der Waals surface area (Å²) in [5, 5.41) is 3.40. The van der Waals surface area contributed by atoms with Crippen molar-refractivity contribution in [2.45, 2.75) is 62.9 Å². The van der Waals surface area contributed by atoms with Crippen molar-refractivity contribution in [2.75, 3.05) is 5.75 Å². The second kappa shape index (κ2) is 6.84. The van der Waals surface area contributed by atoms with Crippen LogP contribution in [0.25, 0.3) is 0 Å². The summed E-state index contributed by atoms with van der Waals surface area (Å²) in [4.78, 5) is 13.0. The molecular formula is C17H26N2OS. The van der Waals surface area contributed by atoms with E-state index in [0.717, 1.165) is 18.6 Å². The smallest absolute Gasteiger partial charge is 0.237 e. The van der Waals surface area contributed by atoms with Gasteiger partial charge in [-0.05, 0) is 75.5 Å². The molecule has 1 aromatic carbocycles. The third-order valence-electron chi connectivity index (χ3n) is 4.21. The van der Waals surface area contributed by atoms with Crippen LogP contribution in [0.15, 0.2) is 23.1 Å². The first-order valence-corrected chi connectivity index (χ1v) is 8.67. The zero-order valence-electron chi connectivity index (χ0n) is 13.2. The standard InChI is InChI=1S/C17H26N2OS/c1-12-5-8-15(11-13(12)2)21-10-4-9-17(3,16(18)20)19-14-6-7-14/h5,8,11,14,19H,4,6-7,9-10H2,1-3H3,(H2,18,20). The Kier molecular flexibility index (Phi) is 5.33. The molecule has 1 aromatic rings. The molecule has 0 saturated heterocycles. The molecule has 1 saturated carbocycles. The molecule has 3 N–H and O–H groups in total. The van der Waals surface area contributed by atoms with E-state index in [0.29, 0.717) is 6.04 Å². The molecule has 1 aliphatic rings. The first kappa shape index (κ1) is 16.4. The van der Waals surface area contributed by atoms with Crippen LogP contribution in [-0.4, -0.2) is 23.2 Å². The number of thioether (sulfide) groups is 1. The van der Waals surface area contributed by atoms with Gasteiger partial charge in [0.05, 0.1) is 5.54 Å². The van der Waals surface area contributed by atoms with Gasteiger partial charge in [0.1, 0.15) is 0 Å². The second-order valence-electron chi connectivity index (χ2n) is 6.31. The van der Waals surface area contributed by atoms with E-state index in [1.165, 1.54) is 28.9 Å². The molecule has 21 heavy (non-hydrogen) atoms. The van der Waals surface area contributed by atoms with E-state index < -0.39 is 5.54 Å². The van der Waals surface area contributed by atoms with Crippen molar-refractivity contribution in [1.82, 2.24) is 5.32 Å². The molecule has 2 rings (SSSR count). The Hall–Kier alpha value is -1.00. The van der Waals surface area contributed by atoms with Gasteiger partial charge in [-0.25, -0.2) is 0 Å². The molecule has 0 radical (unpaired) electrons. The van der Waals surface area contributed by atoms with E-state index >= 15 is 0 Å². The van der Waals surface area contributed by atoms with Gasteiger partial charge in [-0.1, -0.05) is 6.07 Å². The van der Waals surface area contributed by atoms with Crippen molar-refractivity contribution in [3.63, 3.8) is 0 Å². The Labute approximate surface area is 132 Å². The van der Waals surface area contributed by atoms with Crippen molar-refractivity contribution in [3.8, 4) is 0 Å². The number of carbonyl (C=O) groups excluding carboxylic acids is 1. The summed E-state index contributed by atoms with van der Waals surface area (Å²) < 4.78 is 0. The predicted molar refractivity (Wildman–Crippen MR) is 89.6 cm³/mol. The van der Waals surface area contributed by atoms with Gasteiger partial charge < -0.3 is 11.1 Å². The number of carbonyl (C=O) groups is 1. The number of hydrogen-bond acceptors (Lipinski definition) is 3. The number of benzene rings is 1. The zero-order valence-corrected chi connectivity index (χ0v) is 14.1. The lowest BCUT2D eigenvalue weighted by Crippen LogP contribution is -2.54. The topological polar surface area (TPSA) is 55.1 Å². The highest BCUT2D eigenvalue weighted by Crippen LogP contribution is 2.27. The van der Waals surface area contributed by atoms with E-state index in [9.17, 15) is 4.79 Å². The molecule has 116 valence electrons. The van der Waals surface area contributed by atoms with Crippen LogP contribution in [0.5, 0.6) is 0 Å². The lowest BCUT2D eigenvalue weighted by molar-refractivity contribution is -0.124. The van der Waals surface area contributed by atoms with Gasteiger partial charge in [0.25, 0.3) is 0 Å². The Balaban J connectivity index is 1.79. The van der Waals surface area contributed by atoms with Crippen molar-refractivity contribution in [3.05, 3.63) is 29.3 Å². The molecule has 0 bridgehead atoms. The average Bonchev–Trinajstić information content (AvgIpc) is 3.22. The fraction of sp³-hybridized carbons (Fsp3) is 0.588. The largest absolute Gasteiger partial charge is 0.368 e. The third kappa shape index (κ3) is 4.75. The predicted octanol–water partition coefficient (Wildman–Crippen LogP) is 3.17. The number of primary amides is 1. The Morgan fingerprint density at radius 2 is 2.10 bits per heavy atom. The third-order valence-corrected chi connectivity index (χ3v) is 5.29. The summed E-state index contributed by atoms with van der Waals surface area (Å²) in [5.74, 6) is 0.781. The molecule has 1 atom stereocenters. The summed E-state index contributed by atoms with van der Waals surface area (Å²) in [6.45, 7) is 6.21. The van der Waals surface area contributed by atoms with Gasteiger partial charge in [0.15, 0.2) is 0 Å². The van der Waals surface area contributed by atoms with Gasteiger partial charge in [-0.3, -0.25) is 4.79 Å². The summed E-state index contributed by atoms with van der Waals surface area (Å²) in [6.07, 6.45) is 4.12. The summed E-state index contributed by atoms with van der Waals surface area (Å²) >= 11 is 1.85. The Bertz CT molecular complexity index is 514.